The number of nitrogens with zero attached hydrogens (tertiary/aromatic N) is 1. The van der Waals surface area contributed by atoms with Gasteiger partial charge in [0.1, 0.15) is 11.5 Å². The van der Waals surface area contributed by atoms with Gasteiger partial charge in [0.05, 0.1) is 13.7 Å². The maximum absolute atomic E-state index is 12.6. The van der Waals surface area contributed by atoms with Gasteiger partial charge >= 0.3 is 0 Å². The molecular formula is C19H27NO5. The molecular weight excluding hydrogens is 322 g/mol. The van der Waals surface area contributed by atoms with Crippen molar-refractivity contribution in [2.75, 3.05) is 53.7 Å². The first-order valence-corrected chi connectivity index (χ1v) is 8.78. The Balaban J connectivity index is 1.58. The summed E-state index contributed by atoms with van der Waals surface area (Å²) in [6.07, 6.45) is 1.98. The van der Waals surface area contributed by atoms with Gasteiger partial charge in [-0.3, -0.25) is 4.79 Å². The largest absolute Gasteiger partial charge is 0.497 e. The fourth-order valence-electron chi connectivity index (χ4n) is 3.91. The van der Waals surface area contributed by atoms with Crippen molar-refractivity contribution in [3.63, 3.8) is 0 Å². The zero-order valence-electron chi connectivity index (χ0n) is 15.0. The third-order valence-corrected chi connectivity index (χ3v) is 5.44. The first kappa shape index (κ1) is 18.0. The van der Waals surface area contributed by atoms with E-state index in [2.05, 4.69) is 0 Å². The Bertz CT molecular complexity index is 568. The van der Waals surface area contributed by atoms with Crippen molar-refractivity contribution in [3.8, 4) is 11.5 Å². The Morgan fingerprint density at radius 1 is 1.20 bits per heavy atom. The van der Waals surface area contributed by atoms with E-state index >= 15 is 0 Å². The van der Waals surface area contributed by atoms with Crippen molar-refractivity contribution in [1.82, 2.24) is 4.90 Å². The molecule has 0 N–H and O–H groups in total. The molecule has 25 heavy (non-hydrogen) atoms. The number of methoxy groups -OCH3 is 2. The second kappa shape index (κ2) is 8.06. The number of likely N-dealkylation sites (tertiary alicyclic amines) is 1. The van der Waals surface area contributed by atoms with Crippen LogP contribution >= 0.6 is 0 Å². The van der Waals surface area contributed by atoms with Crippen LogP contribution in [-0.4, -0.2) is 64.5 Å². The Morgan fingerprint density at radius 3 is 2.52 bits per heavy atom. The number of hydrogen-bond acceptors (Lipinski definition) is 5. The van der Waals surface area contributed by atoms with Crippen molar-refractivity contribution in [3.05, 3.63) is 24.3 Å². The van der Waals surface area contributed by atoms with Crippen LogP contribution < -0.4 is 9.47 Å². The van der Waals surface area contributed by atoms with Crippen LogP contribution in [0.25, 0.3) is 0 Å². The fourth-order valence-corrected chi connectivity index (χ4v) is 3.91. The summed E-state index contributed by atoms with van der Waals surface area (Å²) < 4.78 is 21.7. The molecule has 1 amide bonds. The van der Waals surface area contributed by atoms with Crippen LogP contribution in [0.3, 0.4) is 0 Å². The molecule has 1 aromatic carbocycles. The average molecular weight is 349 g/mol. The molecule has 0 bridgehead atoms. The smallest absolute Gasteiger partial charge is 0.260 e. The third kappa shape index (κ3) is 4.07. The minimum atomic E-state index is 0.0280. The lowest BCUT2D eigenvalue weighted by Crippen LogP contribution is -2.39. The molecule has 2 heterocycles. The Labute approximate surface area is 149 Å². The van der Waals surface area contributed by atoms with Gasteiger partial charge in [-0.05, 0) is 42.5 Å². The highest BCUT2D eigenvalue weighted by molar-refractivity contribution is 5.78. The molecule has 3 rings (SSSR count). The number of hydrogen-bond donors (Lipinski definition) is 0. The topological polar surface area (TPSA) is 57.2 Å². The fraction of sp³-hybridized carbons (Fsp3) is 0.632. The summed E-state index contributed by atoms with van der Waals surface area (Å²) in [6.45, 7) is 3.78. The molecule has 2 aliphatic heterocycles. The number of carbonyl (C=O) groups is 1. The first-order valence-electron chi connectivity index (χ1n) is 8.78. The van der Waals surface area contributed by atoms with Crippen LogP contribution in [0, 0.1) is 11.3 Å². The van der Waals surface area contributed by atoms with Crippen molar-refractivity contribution in [2.45, 2.75) is 12.8 Å². The summed E-state index contributed by atoms with van der Waals surface area (Å²) in [4.78, 5) is 14.6. The summed E-state index contributed by atoms with van der Waals surface area (Å²) in [5.41, 5.74) is 0.129. The summed E-state index contributed by atoms with van der Waals surface area (Å²) in [5.74, 6) is 1.83. The van der Waals surface area contributed by atoms with E-state index < -0.39 is 0 Å². The monoisotopic (exact) mass is 349 g/mol. The summed E-state index contributed by atoms with van der Waals surface area (Å²) in [6, 6.07) is 7.26. The summed E-state index contributed by atoms with van der Waals surface area (Å²) >= 11 is 0. The molecule has 1 spiro atoms. The maximum Gasteiger partial charge on any atom is 0.260 e. The Kier molecular flexibility index (Phi) is 5.81. The SMILES string of the molecule is COC[C@H]1CN(C(=O)COc2ccc(OC)cc2)CC12CCOCC2. The molecule has 2 saturated heterocycles. The number of carbonyl (C=O) groups excluding carboxylic acids is 1. The molecule has 6 heteroatoms. The zero-order chi connectivity index (χ0) is 17.7. The molecule has 1 atom stereocenters. The van der Waals surface area contributed by atoms with E-state index in [0.29, 0.717) is 18.3 Å². The molecule has 1 aromatic rings. The number of ether oxygens (including phenoxy) is 4. The second-order valence-electron chi connectivity index (χ2n) is 6.87. The molecule has 2 aliphatic rings. The third-order valence-electron chi connectivity index (χ3n) is 5.44. The Morgan fingerprint density at radius 2 is 1.88 bits per heavy atom. The normalized spacial score (nSPS) is 22.2. The summed E-state index contributed by atoms with van der Waals surface area (Å²) in [7, 11) is 3.35. The van der Waals surface area contributed by atoms with E-state index in [1.807, 2.05) is 29.2 Å². The van der Waals surface area contributed by atoms with Gasteiger partial charge in [-0.1, -0.05) is 0 Å². The van der Waals surface area contributed by atoms with Crippen molar-refractivity contribution in [2.24, 2.45) is 11.3 Å². The lowest BCUT2D eigenvalue weighted by molar-refractivity contribution is -0.133. The van der Waals surface area contributed by atoms with E-state index in [9.17, 15) is 4.79 Å². The highest BCUT2D eigenvalue weighted by atomic mass is 16.5. The molecule has 0 aliphatic carbocycles. The standard InChI is InChI=1S/C19H27NO5/c1-22-12-15-11-20(14-19(15)7-9-24-10-8-19)18(21)13-25-17-5-3-16(23-2)4-6-17/h3-6,15H,7-14H2,1-2H3/t15-/m1/s1. The number of benzene rings is 1. The van der Waals surface area contributed by atoms with Gasteiger partial charge in [0.15, 0.2) is 6.61 Å². The van der Waals surface area contributed by atoms with E-state index in [-0.39, 0.29) is 17.9 Å². The molecule has 0 radical (unpaired) electrons. The minimum Gasteiger partial charge on any atom is -0.497 e. The van der Waals surface area contributed by atoms with Crippen LogP contribution in [-0.2, 0) is 14.3 Å². The predicted molar refractivity (Wildman–Crippen MR) is 92.9 cm³/mol. The minimum absolute atomic E-state index is 0.0280. The summed E-state index contributed by atoms with van der Waals surface area (Å²) in [5, 5.41) is 0. The van der Waals surface area contributed by atoms with E-state index in [1.165, 1.54) is 0 Å². The van der Waals surface area contributed by atoms with Gasteiger partial charge in [-0.15, -0.1) is 0 Å². The lowest BCUT2D eigenvalue weighted by Gasteiger charge is -2.37. The van der Waals surface area contributed by atoms with Gasteiger partial charge in [-0.25, -0.2) is 0 Å². The molecule has 0 saturated carbocycles. The van der Waals surface area contributed by atoms with Crippen molar-refractivity contribution < 1.29 is 23.7 Å². The van der Waals surface area contributed by atoms with Crippen LogP contribution in [0.2, 0.25) is 0 Å². The van der Waals surface area contributed by atoms with Gasteiger partial charge in [0.25, 0.3) is 5.91 Å². The number of rotatable bonds is 6. The molecule has 6 nitrogen and oxygen atoms in total. The molecule has 0 aromatic heterocycles. The average Bonchev–Trinajstić information content (AvgIpc) is 2.99. The van der Waals surface area contributed by atoms with Crippen molar-refractivity contribution in [1.29, 1.82) is 0 Å². The van der Waals surface area contributed by atoms with Crippen LogP contribution in [0.5, 0.6) is 11.5 Å². The maximum atomic E-state index is 12.6. The van der Waals surface area contributed by atoms with Crippen LogP contribution in [0.1, 0.15) is 12.8 Å². The lowest BCUT2D eigenvalue weighted by atomic mass is 9.72. The predicted octanol–water partition coefficient (Wildman–Crippen LogP) is 1.98. The van der Waals surface area contributed by atoms with Crippen LogP contribution in [0.4, 0.5) is 0 Å². The molecule has 138 valence electrons. The van der Waals surface area contributed by atoms with Crippen molar-refractivity contribution >= 4 is 5.91 Å². The van der Waals surface area contributed by atoms with E-state index in [4.69, 9.17) is 18.9 Å². The zero-order valence-corrected chi connectivity index (χ0v) is 15.0. The first-order chi connectivity index (χ1) is 12.2. The van der Waals surface area contributed by atoms with Gasteiger partial charge in [-0.2, -0.15) is 0 Å². The van der Waals surface area contributed by atoms with E-state index in [1.54, 1.807) is 14.2 Å². The van der Waals surface area contributed by atoms with Gasteiger partial charge < -0.3 is 23.8 Å². The quantitative estimate of drug-likeness (QED) is 0.786. The van der Waals surface area contributed by atoms with Crippen LogP contribution in [0.15, 0.2) is 24.3 Å². The number of amides is 1. The van der Waals surface area contributed by atoms with E-state index in [0.717, 1.165) is 44.9 Å². The molecule has 2 fully saturated rings. The Hall–Kier alpha value is -1.79. The second-order valence-corrected chi connectivity index (χ2v) is 6.87. The highest BCUT2D eigenvalue weighted by Gasteiger charge is 2.48. The highest BCUT2D eigenvalue weighted by Crippen LogP contribution is 2.44. The van der Waals surface area contributed by atoms with Gasteiger partial charge in [0.2, 0.25) is 0 Å². The van der Waals surface area contributed by atoms with Gasteiger partial charge in [0, 0.05) is 39.3 Å². The molecule has 0 unspecified atom stereocenters.